The largest absolute Gasteiger partial charge is 0.331 e. The van der Waals surface area contributed by atoms with Gasteiger partial charge in [-0.2, -0.15) is 16.9 Å². The molecule has 1 saturated heterocycles. The Labute approximate surface area is 163 Å². The van der Waals surface area contributed by atoms with Crippen LogP contribution in [0.4, 0.5) is 5.69 Å². The summed E-state index contributed by atoms with van der Waals surface area (Å²) in [6.45, 7) is 4.23. The molecule has 0 N–H and O–H groups in total. The first-order valence-electron chi connectivity index (χ1n) is 8.88. The molecule has 1 aromatic heterocycles. The minimum absolute atomic E-state index is 0.00982. The van der Waals surface area contributed by atoms with Crippen LogP contribution in [0.15, 0.2) is 49.3 Å². The Balaban J connectivity index is 1.83. The number of amides is 2. The Morgan fingerprint density at radius 3 is 2.70 bits per heavy atom. The predicted molar refractivity (Wildman–Crippen MR) is 109 cm³/mol. The van der Waals surface area contributed by atoms with E-state index in [1.54, 1.807) is 36.0 Å². The van der Waals surface area contributed by atoms with Gasteiger partial charge in [-0.05, 0) is 42.5 Å². The first-order valence-corrected chi connectivity index (χ1v) is 10.0. The highest BCUT2D eigenvalue weighted by atomic mass is 32.2. The highest BCUT2D eigenvalue weighted by molar-refractivity contribution is 7.99. The van der Waals surface area contributed by atoms with Crippen LogP contribution in [0.3, 0.4) is 0 Å². The molecule has 0 bridgehead atoms. The topological polar surface area (TPSA) is 58.4 Å². The molecule has 1 fully saturated rings. The summed E-state index contributed by atoms with van der Waals surface area (Å²) in [6.07, 6.45) is 6.07. The average Bonchev–Trinajstić information content (AvgIpc) is 2.98. The monoisotopic (exact) mass is 384 g/mol. The van der Waals surface area contributed by atoms with Gasteiger partial charge in [0.15, 0.2) is 0 Å². The fraction of sp³-hybridized carbons (Fsp3) is 0.350. The third-order valence-electron chi connectivity index (χ3n) is 4.72. The number of rotatable bonds is 4. The van der Waals surface area contributed by atoms with E-state index in [1.165, 1.54) is 11.0 Å². The number of benzene rings is 1. The number of thioether (sulfide) groups is 1. The molecule has 2 heterocycles. The van der Waals surface area contributed by atoms with Crippen molar-refractivity contribution in [3.8, 4) is 0 Å². The van der Waals surface area contributed by atoms with E-state index in [2.05, 4.69) is 11.7 Å². The molecule has 3 rings (SSSR count). The van der Waals surface area contributed by atoms with Crippen molar-refractivity contribution in [3.63, 3.8) is 0 Å². The number of hydrogen-bond acceptors (Lipinski definition) is 4. The lowest BCUT2D eigenvalue weighted by atomic mass is 10.1. The van der Waals surface area contributed by atoms with Gasteiger partial charge in [0.1, 0.15) is 0 Å². The minimum Gasteiger partial charge on any atom is -0.331 e. The Bertz CT molecular complexity index is 831. The van der Waals surface area contributed by atoms with Crippen molar-refractivity contribution in [3.05, 3.63) is 60.4 Å². The molecular formula is C20H24N4O2S. The second-order valence-corrected chi connectivity index (χ2v) is 7.69. The highest BCUT2D eigenvalue weighted by Gasteiger charge is 2.28. The lowest BCUT2D eigenvalue weighted by Gasteiger charge is -2.29. The molecule has 1 unspecified atom stereocenters. The molecule has 1 atom stereocenters. The number of likely N-dealkylation sites (N-methyl/N-ethyl adjacent to an activating group) is 1. The normalized spacial score (nSPS) is 17.3. The quantitative estimate of drug-likeness (QED) is 0.761. The lowest BCUT2D eigenvalue weighted by molar-refractivity contribution is -0.113. The summed E-state index contributed by atoms with van der Waals surface area (Å²) in [5.74, 6) is 1.74. The van der Waals surface area contributed by atoms with E-state index in [-0.39, 0.29) is 17.9 Å². The molecule has 2 amide bonds. The van der Waals surface area contributed by atoms with Gasteiger partial charge in [-0.1, -0.05) is 6.58 Å². The van der Waals surface area contributed by atoms with Crippen LogP contribution in [-0.4, -0.2) is 51.6 Å². The van der Waals surface area contributed by atoms with Gasteiger partial charge in [-0.25, -0.2) is 0 Å². The van der Waals surface area contributed by atoms with Crippen molar-refractivity contribution in [2.75, 3.05) is 30.0 Å². The number of carbonyl (C=O) groups excluding carboxylic acids is 2. The zero-order valence-electron chi connectivity index (χ0n) is 15.7. The van der Waals surface area contributed by atoms with Crippen LogP contribution in [0.25, 0.3) is 0 Å². The maximum absolute atomic E-state index is 13.2. The summed E-state index contributed by atoms with van der Waals surface area (Å²) in [4.78, 5) is 28.4. The van der Waals surface area contributed by atoms with Gasteiger partial charge in [0.25, 0.3) is 5.91 Å². The van der Waals surface area contributed by atoms with E-state index in [9.17, 15) is 9.59 Å². The van der Waals surface area contributed by atoms with Crippen LogP contribution < -0.4 is 4.90 Å². The zero-order chi connectivity index (χ0) is 19.4. The number of aromatic nitrogens is 2. The SMILES string of the molecule is C=CC(=O)N(C)c1ccc(C(=O)N2CCCSCC2c2cnn(C)c2)cc1. The van der Waals surface area contributed by atoms with Gasteiger partial charge >= 0.3 is 0 Å². The fourth-order valence-electron chi connectivity index (χ4n) is 3.17. The molecule has 1 aliphatic rings. The Kier molecular flexibility index (Phi) is 6.01. The summed E-state index contributed by atoms with van der Waals surface area (Å²) in [7, 11) is 3.57. The summed E-state index contributed by atoms with van der Waals surface area (Å²) in [6, 6.07) is 7.16. The van der Waals surface area contributed by atoms with E-state index in [1.807, 2.05) is 36.1 Å². The van der Waals surface area contributed by atoms with Crippen molar-refractivity contribution < 1.29 is 9.59 Å². The molecule has 0 radical (unpaired) electrons. The molecular weight excluding hydrogens is 360 g/mol. The van der Waals surface area contributed by atoms with E-state index >= 15 is 0 Å². The average molecular weight is 385 g/mol. The molecule has 0 aliphatic carbocycles. The standard InChI is InChI=1S/C20H24N4O2S/c1-4-19(25)23(3)17-8-6-15(7-9-17)20(26)24-10-5-11-27-14-18(24)16-12-21-22(2)13-16/h4,6-9,12-13,18H,1,5,10-11,14H2,2-3H3. The van der Waals surface area contributed by atoms with Crippen molar-refractivity contribution in [1.29, 1.82) is 0 Å². The van der Waals surface area contributed by atoms with Gasteiger partial charge in [0.2, 0.25) is 5.91 Å². The van der Waals surface area contributed by atoms with Crippen LogP contribution in [0, 0.1) is 0 Å². The van der Waals surface area contributed by atoms with Crippen LogP contribution in [0.2, 0.25) is 0 Å². The van der Waals surface area contributed by atoms with Gasteiger partial charge in [-0.15, -0.1) is 0 Å². The number of anilines is 1. The van der Waals surface area contributed by atoms with E-state index < -0.39 is 0 Å². The van der Waals surface area contributed by atoms with Crippen molar-refractivity contribution in [2.45, 2.75) is 12.5 Å². The van der Waals surface area contributed by atoms with Gasteiger partial charge in [0, 0.05) is 49.4 Å². The van der Waals surface area contributed by atoms with Crippen molar-refractivity contribution in [2.24, 2.45) is 7.05 Å². The van der Waals surface area contributed by atoms with E-state index in [0.717, 1.165) is 35.7 Å². The summed E-state index contributed by atoms with van der Waals surface area (Å²) in [5, 5.41) is 4.27. The Morgan fingerprint density at radius 2 is 2.07 bits per heavy atom. The lowest BCUT2D eigenvalue weighted by Crippen LogP contribution is -2.36. The van der Waals surface area contributed by atoms with Crippen molar-refractivity contribution in [1.82, 2.24) is 14.7 Å². The molecule has 1 aromatic carbocycles. The molecule has 1 aliphatic heterocycles. The number of nitrogens with zero attached hydrogens (tertiary/aromatic N) is 4. The number of hydrogen-bond donors (Lipinski definition) is 0. The van der Waals surface area contributed by atoms with Crippen LogP contribution in [0.1, 0.15) is 28.4 Å². The maximum Gasteiger partial charge on any atom is 0.254 e. The van der Waals surface area contributed by atoms with Crippen molar-refractivity contribution >= 4 is 29.3 Å². The first-order chi connectivity index (χ1) is 13.0. The van der Waals surface area contributed by atoms with Gasteiger partial charge in [0.05, 0.1) is 12.2 Å². The molecule has 6 nitrogen and oxygen atoms in total. The van der Waals surface area contributed by atoms with Crippen LogP contribution in [-0.2, 0) is 11.8 Å². The van der Waals surface area contributed by atoms with Gasteiger partial charge in [-0.3, -0.25) is 14.3 Å². The third-order valence-corrected chi connectivity index (χ3v) is 5.85. The fourth-order valence-corrected chi connectivity index (χ4v) is 4.26. The number of carbonyl (C=O) groups is 2. The summed E-state index contributed by atoms with van der Waals surface area (Å²) >= 11 is 1.87. The molecule has 2 aromatic rings. The van der Waals surface area contributed by atoms with Gasteiger partial charge < -0.3 is 9.80 Å². The van der Waals surface area contributed by atoms with E-state index in [0.29, 0.717) is 5.56 Å². The van der Waals surface area contributed by atoms with Crippen LogP contribution >= 0.6 is 11.8 Å². The highest BCUT2D eigenvalue weighted by Crippen LogP contribution is 2.30. The van der Waals surface area contributed by atoms with Crippen LogP contribution in [0.5, 0.6) is 0 Å². The summed E-state index contributed by atoms with van der Waals surface area (Å²) in [5.41, 5.74) is 2.42. The zero-order valence-corrected chi connectivity index (χ0v) is 16.5. The molecule has 0 saturated carbocycles. The summed E-state index contributed by atoms with van der Waals surface area (Å²) < 4.78 is 1.77. The maximum atomic E-state index is 13.2. The molecule has 27 heavy (non-hydrogen) atoms. The second-order valence-electron chi connectivity index (χ2n) is 6.54. The second kappa shape index (κ2) is 8.43. The Morgan fingerprint density at radius 1 is 1.33 bits per heavy atom. The first kappa shape index (κ1) is 19.2. The molecule has 7 heteroatoms. The Hall–Kier alpha value is -2.54. The van der Waals surface area contributed by atoms with E-state index in [4.69, 9.17) is 0 Å². The third kappa shape index (κ3) is 4.24. The minimum atomic E-state index is -0.185. The predicted octanol–water partition coefficient (Wildman–Crippen LogP) is 2.89. The molecule has 0 spiro atoms. The smallest absolute Gasteiger partial charge is 0.254 e. The number of aryl methyl sites for hydroxylation is 1. The molecule has 142 valence electrons.